The molecule has 0 saturated heterocycles. The number of carbonyl (C=O) groups excluding carboxylic acids is 1. The van der Waals surface area contributed by atoms with E-state index in [1.165, 1.54) is 4.90 Å². The number of nitrogens with zero attached hydrogens (tertiary/aromatic N) is 1. The van der Waals surface area contributed by atoms with Gasteiger partial charge in [0, 0.05) is 12.0 Å². The lowest BCUT2D eigenvalue weighted by Gasteiger charge is -2.40. The van der Waals surface area contributed by atoms with Crippen LogP contribution in [0.1, 0.15) is 56.7 Å². The molecule has 0 aromatic heterocycles. The summed E-state index contributed by atoms with van der Waals surface area (Å²) in [5.74, 6) is -0.584. The highest BCUT2D eigenvalue weighted by Crippen LogP contribution is 2.44. The first-order valence-corrected chi connectivity index (χ1v) is 12.4. The average molecular weight is 488 g/mol. The zero-order valence-corrected chi connectivity index (χ0v) is 21.2. The lowest BCUT2D eigenvalue weighted by Crippen LogP contribution is -2.56. The molecule has 36 heavy (non-hydrogen) atoms. The number of carboxylic acids is 1. The first-order valence-electron chi connectivity index (χ1n) is 12.4. The van der Waals surface area contributed by atoms with Gasteiger partial charge in [0.15, 0.2) is 5.54 Å². The minimum absolute atomic E-state index is 0.110. The molecule has 3 aromatic carbocycles. The van der Waals surface area contributed by atoms with Gasteiger partial charge in [0.2, 0.25) is 0 Å². The van der Waals surface area contributed by atoms with Gasteiger partial charge in [-0.25, -0.2) is 9.59 Å². The van der Waals surface area contributed by atoms with Gasteiger partial charge in [-0.2, -0.15) is 0 Å². The summed E-state index contributed by atoms with van der Waals surface area (Å²) in [5.41, 5.74) is 3.32. The number of carboxylic acid groups (broad SMARTS) is 1. The Morgan fingerprint density at radius 1 is 0.944 bits per heavy atom. The van der Waals surface area contributed by atoms with Crippen molar-refractivity contribution >= 4 is 12.1 Å². The molecule has 6 heteroatoms. The van der Waals surface area contributed by atoms with Crippen molar-refractivity contribution in [3.05, 3.63) is 89.5 Å². The molecular weight excluding hydrogens is 454 g/mol. The Balaban J connectivity index is 1.60. The van der Waals surface area contributed by atoms with E-state index >= 15 is 0 Å². The summed E-state index contributed by atoms with van der Waals surface area (Å²) >= 11 is 0. The lowest BCUT2D eigenvalue weighted by molar-refractivity contribution is -0.151. The molecule has 0 aliphatic heterocycles. The van der Waals surface area contributed by atoms with E-state index in [2.05, 4.69) is 24.3 Å². The van der Waals surface area contributed by atoms with Crippen molar-refractivity contribution in [1.29, 1.82) is 0 Å². The van der Waals surface area contributed by atoms with Gasteiger partial charge in [0.1, 0.15) is 12.4 Å². The van der Waals surface area contributed by atoms with E-state index in [4.69, 9.17) is 9.47 Å². The van der Waals surface area contributed by atoms with Crippen molar-refractivity contribution in [2.24, 2.45) is 0 Å². The second-order valence-corrected chi connectivity index (χ2v) is 9.52. The fourth-order valence-electron chi connectivity index (χ4n) is 5.03. The number of rotatable bonds is 9. The quantitative estimate of drug-likeness (QED) is 0.376. The maximum atomic E-state index is 13.5. The summed E-state index contributed by atoms with van der Waals surface area (Å²) in [7, 11) is 0. The molecule has 0 spiro atoms. The fraction of sp³-hybridized carbons (Fsp3) is 0.333. The number of benzene rings is 3. The molecule has 1 N–H and O–H groups in total. The van der Waals surface area contributed by atoms with Crippen LogP contribution < -0.4 is 4.74 Å². The van der Waals surface area contributed by atoms with Crippen molar-refractivity contribution in [2.45, 2.75) is 51.6 Å². The number of amides is 1. The van der Waals surface area contributed by atoms with Crippen molar-refractivity contribution in [1.82, 2.24) is 4.90 Å². The van der Waals surface area contributed by atoms with Crippen LogP contribution in [0.15, 0.2) is 72.8 Å². The Labute approximate surface area is 212 Å². The minimum Gasteiger partial charge on any atom is -0.494 e. The Morgan fingerprint density at radius 3 is 2.00 bits per heavy atom. The van der Waals surface area contributed by atoms with Gasteiger partial charge >= 0.3 is 12.1 Å². The Kier molecular flexibility index (Phi) is 7.34. The van der Waals surface area contributed by atoms with Crippen LogP contribution >= 0.6 is 0 Å². The third kappa shape index (κ3) is 4.55. The molecule has 0 radical (unpaired) electrons. The third-order valence-corrected chi connectivity index (χ3v) is 6.84. The number of fused-ring (bicyclic) bond motifs is 3. The van der Waals surface area contributed by atoms with E-state index in [9.17, 15) is 14.7 Å². The molecule has 1 aliphatic carbocycles. The van der Waals surface area contributed by atoms with Crippen molar-refractivity contribution in [3.63, 3.8) is 0 Å². The monoisotopic (exact) mass is 487 g/mol. The minimum atomic E-state index is -1.62. The fourth-order valence-corrected chi connectivity index (χ4v) is 5.03. The third-order valence-electron chi connectivity index (χ3n) is 6.84. The molecule has 6 nitrogen and oxygen atoms in total. The molecule has 188 valence electrons. The Bertz CT molecular complexity index is 1190. The average Bonchev–Trinajstić information content (AvgIpc) is 3.20. The van der Waals surface area contributed by atoms with Crippen LogP contribution in [0.4, 0.5) is 4.79 Å². The maximum Gasteiger partial charge on any atom is 0.411 e. The number of hydrogen-bond donors (Lipinski definition) is 1. The number of aliphatic carboxylic acids is 1. The SMILES string of the molecule is CCCOc1ccc(C(C)(C(=O)O)N(C(=O)OCC2c3ccccc3-c3ccccc32)C(C)C)cc1. The van der Waals surface area contributed by atoms with E-state index in [0.717, 1.165) is 28.7 Å². The molecule has 3 aromatic rings. The van der Waals surface area contributed by atoms with Gasteiger partial charge in [-0.15, -0.1) is 0 Å². The maximum absolute atomic E-state index is 13.5. The number of ether oxygens (including phenoxy) is 2. The van der Waals surface area contributed by atoms with Gasteiger partial charge < -0.3 is 14.6 Å². The predicted molar refractivity (Wildman–Crippen MR) is 139 cm³/mol. The highest BCUT2D eigenvalue weighted by molar-refractivity contribution is 5.86. The first kappa shape index (κ1) is 25.3. The lowest BCUT2D eigenvalue weighted by atomic mass is 9.89. The number of hydrogen-bond acceptors (Lipinski definition) is 4. The first-order chi connectivity index (χ1) is 17.3. The van der Waals surface area contributed by atoms with Crippen LogP contribution in [-0.2, 0) is 15.1 Å². The molecule has 0 saturated carbocycles. The molecule has 1 amide bonds. The predicted octanol–water partition coefficient (Wildman–Crippen LogP) is 6.43. The van der Waals surface area contributed by atoms with Gasteiger partial charge in [0.05, 0.1) is 6.61 Å². The molecule has 4 rings (SSSR count). The second kappa shape index (κ2) is 10.4. The summed E-state index contributed by atoms with van der Waals surface area (Å²) in [6.07, 6.45) is 0.209. The highest BCUT2D eigenvalue weighted by Gasteiger charge is 2.46. The normalized spacial score (nSPS) is 14.0. The standard InChI is InChI=1S/C30H33NO5/c1-5-18-35-22-16-14-21(15-17-22)30(4,28(32)33)31(20(2)3)29(34)36-19-27-25-12-8-6-10-23(25)24-11-7-9-13-26(24)27/h6-17,20,27H,5,18-19H2,1-4H3,(H,32,33). The van der Waals surface area contributed by atoms with Crippen LogP contribution in [0, 0.1) is 0 Å². The van der Waals surface area contributed by atoms with E-state index in [1.54, 1.807) is 45.0 Å². The van der Waals surface area contributed by atoms with E-state index in [0.29, 0.717) is 17.9 Å². The number of carbonyl (C=O) groups is 2. The van der Waals surface area contributed by atoms with Crippen LogP contribution in [0.2, 0.25) is 0 Å². The van der Waals surface area contributed by atoms with Gasteiger partial charge in [-0.3, -0.25) is 4.90 Å². The van der Waals surface area contributed by atoms with Crippen LogP contribution in [0.5, 0.6) is 5.75 Å². The van der Waals surface area contributed by atoms with Crippen LogP contribution in [0.3, 0.4) is 0 Å². The zero-order chi connectivity index (χ0) is 25.9. The Morgan fingerprint density at radius 2 is 1.50 bits per heavy atom. The van der Waals surface area contributed by atoms with Crippen LogP contribution in [-0.4, -0.2) is 41.3 Å². The molecule has 1 unspecified atom stereocenters. The highest BCUT2D eigenvalue weighted by atomic mass is 16.6. The second-order valence-electron chi connectivity index (χ2n) is 9.52. The topological polar surface area (TPSA) is 76.1 Å². The van der Waals surface area contributed by atoms with Crippen LogP contribution in [0.25, 0.3) is 11.1 Å². The largest absolute Gasteiger partial charge is 0.494 e. The van der Waals surface area contributed by atoms with Crippen molar-refractivity contribution < 1.29 is 24.2 Å². The summed E-state index contributed by atoms with van der Waals surface area (Å²) in [4.78, 5) is 27.5. The van der Waals surface area contributed by atoms with Crippen molar-refractivity contribution in [3.8, 4) is 16.9 Å². The van der Waals surface area contributed by atoms with Gasteiger partial charge in [-0.1, -0.05) is 67.6 Å². The van der Waals surface area contributed by atoms with Crippen molar-refractivity contribution in [2.75, 3.05) is 13.2 Å². The zero-order valence-electron chi connectivity index (χ0n) is 21.2. The molecule has 1 atom stereocenters. The molecule has 1 aliphatic rings. The summed E-state index contributed by atoms with van der Waals surface area (Å²) in [6.45, 7) is 7.84. The molecule has 0 bridgehead atoms. The molecular formula is C30H33NO5. The van der Waals surface area contributed by atoms with Gasteiger partial charge in [0.25, 0.3) is 0 Å². The smallest absolute Gasteiger partial charge is 0.411 e. The van der Waals surface area contributed by atoms with Gasteiger partial charge in [-0.05, 0) is 67.1 Å². The van der Waals surface area contributed by atoms with E-state index in [1.807, 2.05) is 31.2 Å². The molecule has 0 fully saturated rings. The Hall–Kier alpha value is -3.80. The summed E-state index contributed by atoms with van der Waals surface area (Å²) < 4.78 is 11.5. The summed E-state index contributed by atoms with van der Waals surface area (Å²) in [5, 5.41) is 10.3. The van der Waals surface area contributed by atoms with E-state index in [-0.39, 0.29) is 12.5 Å². The van der Waals surface area contributed by atoms with E-state index < -0.39 is 23.6 Å². The molecule has 0 heterocycles. The summed E-state index contributed by atoms with van der Waals surface area (Å²) in [6, 6.07) is 22.7.